The highest BCUT2D eigenvalue weighted by Gasteiger charge is 2.38. The van der Waals surface area contributed by atoms with E-state index < -0.39 is 0 Å². The zero-order valence-electron chi connectivity index (χ0n) is 9.30. The zero-order chi connectivity index (χ0) is 10.7. The van der Waals surface area contributed by atoms with E-state index in [1.807, 2.05) is 0 Å². The third-order valence-corrected chi connectivity index (χ3v) is 3.87. The van der Waals surface area contributed by atoms with Crippen molar-refractivity contribution >= 4 is 5.91 Å². The molecule has 86 valence electrons. The first-order valence-corrected chi connectivity index (χ1v) is 5.99. The lowest BCUT2D eigenvalue weighted by molar-refractivity contribution is -0.127. The van der Waals surface area contributed by atoms with Crippen molar-refractivity contribution in [2.24, 2.45) is 5.73 Å². The number of rotatable bonds is 2. The molecule has 1 saturated heterocycles. The van der Waals surface area contributed by atoms with Crippen molar-refractivity contribution in [3.8, 4) is 0 Å². The monoisotopic (exact) mass is 211 g/mol. The molecule has 0 bridgehead atoms. The summed E-state index contributed by atoms with van der Waals surface area (Å²) in [7, 11) is 0. The van der Waals surface area contributed by atoms with Crippen LogP contribution in [0.4, 0.5) is 0 Å². The number of hydrogen-bond acceptors (Lipinski definition) is 3. The van der Waals surface area contributed by atoms with Crippen LogP contribution in [-0.4, -0.2) is 42.5 Å². The number of amides is 1. The maximum absolute atomic E-state index is 11.4. The second kappa shape index (κ2) is 4.49. The van der Waals surface area contributed by atoms with Crippen LogP contribution in [0.2, 0.25) is 0 Å². The summed E-state index contributed by atoms with van der Waals surface area (Å²) in [4.78, 5) is 13.7. The van der Waals surface area contributed by atoms with E-state index in [0.717, 1.165) is 25.9 Å². The summed E-state index contributed by atoms with van der Waals surface area (Å²) >= 11 is 0. The van der Waals surface area contributed by atoms with E-state index in [9.17, 15) is 4.79 Å². The predicted octanol–water partition coefficient (Wildman–Crippen LogP) is 0.0798. The van der Waals surface area contributed by atoms with Crippen molar-refractivity contribution in [3.05, 3.63) is 0 Å². The average molecular weight is 211 g/mol. The van der Waals surface area contributed by atoms with E-state index >= 15 is 0 Å². The van der Waals surface area contributed by atoms with E-state index in [1.165, 1.54) is 19.3 Å². The van der Waals surface area contributed by atoms with Crippen molar-refractivity contribution in [2.75, 3.05) is 26.2 Å². The molecule has 1 heterocycles. The second-order valence-corrected chi connectivity index (χ2v) is 4.76. The molecule has 0 spiro atoms. The summed E-state index contributed by atoms with van der Waals surface area (Å²) in [5, 5.41) is 2.87. The Hall–Kier alpha value is -0.610. The molecular formula is C11H21N3O. The first-order chi connectivity index (χ1) is 7.27. The summed E-state index contributed by atoms with van der Waals surface area (Å²) in [5.41, 5.74) is 6.06. The third kappa shape index (κ3) is 2.16. The Morgan fingerprint density at radius 3 is 2.67 bits per heavy atom. The highest BCUT2D eigenvalue weighted by molar-refractivity contribution is 5.78. The summed E-state index contributed by atoms with van der Waals surface area (Å²) < 4.78 is 0. The summed E-state index contributed by atoms with van der Waals surface area (Å²) in [5.74, 6) is 0.152. The summed E-state index contributed by atoms with van der Waals surface area (Å²) in [6, 6.07) is 0. The molecule has 4 heteroatoms. The van der Waals surface area contributed by atoms with Crippen molar-refractivity contribution in [1.29, 1.82) is 0 Å². The standard InChI is InChI=1S/C11H21N3O/c12-9-11(4-2-1-3-5-11)14-7-6-13-10(15)8-14/h1-9,12H2,(H,13,15). The first kappa shape index (κ1) is 10.9. The number of carbonyl (C=O) groups excluding carboxylic acids is 1. The van der Waals surface area contributed by atoms with Gasteiger partial charge in [-0.15, -0.1) is 0 Å². The zero-order valence-corrected chi connectivity index (χ0v) is 9.30. The molecule has 2 aliphatic rings. The summed E-state index contributed by atoms with van der Waals surface area (Å²) in [6.07, 6.45) is 6.17. The van der Waals surface area contributed by atoms with Crippen LogP contribution < -0.4 is 11.1 Å². The minimum Gasteiger partial charge on any atom is -0.354 e. The lowest BCUT2D eigenvalue weighted by Gasteiger charge is -2.47. The van der Waals surface area contributed by atoms with Gasteiger partial charge in [-0.1, -0.05) is 19.3 Å². The molecule has 1 aliphatic carbocycles. The van der Waals surface area contributed by atoms with E-state index in [0.29, 0.717) is 13.1 Å². The molecule has 3 N–H and O–H groups in total. The Bertz CT molecular complexity index is 236. The van der Waals surface area contributed by atoms with Crippen molar-refractivity contribution < 1.29 is 4.79 Å². The third-order valence-electron chi connectivity index (χ3n) is 3.87. The minimum atomic E-state index is 0.121. The average Bonchev–Trinajstić information content (AvgIpc) is 2.30. The molecule has 1 saturated carbocycles. The molecular weight excluding hydrogens is 190 g/mol. The topological polar surface area (TPSA) is 58.4 Å². The van der Waals surface area contributed by atoms with Crippen molar-refractivity contribution in [3.63, 3.8) is 0 Å². The lowest BCUT2D eigenvalue weighted by atomic mass is 9.80. The maximum atomic E-state index is 11.4. The molecule has 0 aromatic heterocycles. The first-order valence-electron chi connectivity index (χ1n) is 5.99. The number of nitrogens with two attached hydrogens (primary N) is 1. The fourth-order valence-electron chi connectivity index (χ4n) is 2.90. The van der Waals surface area contributed by atoms with Gasteiger partial charge >= 0.3 is 0 Å². The Morgan fingerprint density at radius 2 is 2.07 bits per heavy atom. The fourth-order valence-corrected chi connectivity index (χ4v) is 2.90. The maximum Gasteiger partial charge on any atom is 0.234 e. The quantitative estimate of drug-likeness (QED) is 0.680. The lowest BCUT2D eigenvalue weighted by Crippen LogP contribution is -2.61. The Kier molecular flexibility index (Phi) is 3.26. The molecule has 15 heavy (non-hydrogen) atoms. The van der Waals surface area contributed by atoms with Crippen molar-refractivity contribution in [2.45, 2.75) is 37.6 Å². The molecule has 0 aromatic rings. The van der Waals surface area contributed by atoms with E-state index in [2.05, 4.69) is 10.2 Å². The van der Waals surface area contributed by atoms with Gasteiger partial charge in [-0.2, -0.15) is 0 Å². The second-order valence-electron chi connectivity index (χ2n) is 4.76. The van der Waals surface area contributed by atoms with Crippen LogP contribution in [-0.2, 0) is 4.79 Å². The van der Waals surface area contributed by atoms with Crippen LogP contribution >= 0.6 is 0 Å². The van der Waals surface area contributed by atoms with Gasteiger partial charge in [-0.05, 0) is 12.8 Å². The highest BCUT2D eigenvalue weighted by Crippen LogP contribution is 2.32. The molecule has 1 aliphatic heterocycles. The molecule has 0 aromatic carbocycles. The number of nitrogens with one attached hydrogen (secondary N) is 1. The van der Waals surface area contributed by atoms with Crippen LogP contribution in [0.1, 0.15) is 32.1 Å². The van der Waals surface area contributed by atoms with E-state index in [1.54, 1.807) is 0 Å². The van der Waals surface area contributed by atoms with Gasteiger partial charge in [0, 0.05) is 25.2 Å². The number of piperazine rings is 1. The van der Waals surface area contributed by atoms with Gasteiger partial charge in [0.1, 0.15) is 0 Å². The molecule has 0 unspecified atom stereocenters. The Balaban J connectivity index is 2.06. The Morgan fingerprint density at radius 1 is 1.33 bits per heavy atom. The van der Waals surface area contributed by atoms with Gasteiger partial charge < -0.3 is 11.1 Å². The molecule has 2 rings (SSSR count). The molecule has 0 atom stereocenters. The van der Waals surface area contributed by atoms with Gasteiger partial charge in [-0.25, -0.2) is 0 Å². The van der Waals surface area contributed by atoms with E-state index in [-0.39, 0.29) is 11.4 Å². The van der Waals surface area contributed by atoms with Crippen LogP contribution in [0.3, 0.4) is 0 Å². The Labute approximate surface area is 91.2 Å². The van der Waals surface area contributed by atoms with Crippen LogP contribution in [0, 0.1) is 0 Å². The van der Waals surface area contributed by atoms with Gasteiger partial charge in [0.2, 0.25) is 5.91 Å². The highest BCUT2D eigenvalue weighted by atomic mass is 16.2. The summed E-state index contributed by atoms with van der Waals surface area (Å²) in [6.45, 7) is 2.97. The molecule has 2 fully saturated rings. The molecule has 1 amide bonds. The minimum absolute atomic E-state index is 0.121. The normalized spacial score (nSPS) is 27.4. The van der Waals surface area contributed by atoms with Crippen molar-refractivity contribution in [1.82, 2.24) is 10.2 Å². The van der Waals surface area contributed by atoms with Crippen LogP contribution in [0.5, 0.6) is 0 Å². The smallest absolute Gasteiger partial charge is 0.234 e. The fraction of sp³-hybridized carbons (Fsp3) is 0.909. The van der Waals surface area contributed by atoms with Crippen LogP contribution in [0.25, 0.3) is 0 Å². The van der Waals surface area contributed by atoms with E-state index in [4.69, 9.17) is 5.73 Å². The largest absolute Gasteiger partial charge is 0.354 e. The SMILES string of the molecule is NCC1(N2CCNC(=O)C2)CCCCC1. The molecule has 0 radical (unpaired) electrons. The van der Waals surface area contributed by atoms with Gasteiger partial charge in [0.15, 0.2) is 0 Å². The number of carbonyl (C=O) groups is 1. The van der Waals surface area contributed by atoms with Gasteiger partial charge in [-0.3, -0.25) is 9.69 Å². The predicted molar refractivity (Wildman–Crippen MR) is 59.5 cm³/mol. The number of hydrogen-bond donors (Lipinski definition) is 2. The van der Waals surface area contributed by atoms with Gasteiger partial charge in [0.05, 0.1) is 6.54 Å². The number of nitrogens with zero attached hydrogens (tertiary/aromatic N) is 1. The molecule has 4 nitrogen and oxygen atoms in total. The van der Waals surface area contributed by atoms with Crippen LogP contribution in [0.15, 0.2) is 0 Å². The van der Waals surface area contributed by atoms with Gasteiger partial charge in [0.25, 0.3) is 0 Å².